The number of hydrogen-bond donors (Lipinski definition) is 9. The van der Waals surface area contributed by atoms with Crippen LogP contribution in [0.4, 0.5) is 0 Å². The Hall–Kier alpha value is -2.42. The molecule has 0 aromatic heterocycles. The van der Waals surface area contributed by atoms with Crippen LogP contribution < -0.4 is 21.7 Å². The third-order valence-corrected chi connectivity index (χ3v) is 4.31. The highest BCUT2D eigenvalue weighted by Crippen LogP contribution is 2.03. The zero-order valence-corrected chi connectivity index (χ0v) is 17.3. The maximum Gasteiger partial charge on any atom is 0.326 e. The number of nitrogens with one attached hydrogen (secondary N) is 3. The van der Waals surface area contributed by atoms with Gasteiger partial charge in [0.05, 0.1) is 18.2 Å². The predicted molar refractivity (Wildman–Crippen MR) is 105 cm³/mol. The highest BCUT2D eigenvalue weighted by Gasteiger charge is 2.34. The zero-order valence-electron chi connectivity index (χ0n) is 16.4. The van der Waals surface area contributed by atoms with E-state index >= 15 is 0 Å². The van der Waals surface area contributed by atoms with Gasteiger partial charge in [0.15, 0.2) is 0 Å². The molecule has 0 spiro atoms. The Labute approximate surface area is 177 Å². The number of amides is 3. The van der Waals surface area contributed by atoms with E-state index in [0.29, 0.717) is 0 Å². The fourth-order valence-electron chi connectivity index (χ4n) is 2.18. The third-order valence-electron chi connectivity index (χ3n) is 3.92. The molecule has 9 N–H and O–H groups in total. The van der Waals surface area contributed by atoms with E-state index in [2.05, 4.69) is 23.3 Å². The molecule has 0 heterocycles. The molecule has 0 aromatic rings. The standard InChI is InChI=1S/C16H28N4O9S/c1-6(21)11(14(26)18-9(16(28)29)3-4-10(23)24)20-15(27)12(7(2)22)19-13(25)8(17)5-30/h6-9,11-12,21-22,30H,3-5,17H2,1-2H3,(H,18,26)(H,19,25)(H,20,27)(H,23,24)(H,28,29). The van der Waals surface area contributed by atoms with Gasteiger partial charge < -0.3 is 42.1 Å². The van der Waals surface area contributed by atoms with E-state index in [1.54, 1.807) is 0 Å². The average molecular weight is 452 g/mol. The molecule has 172 valence electrons. The van der Waals surface area contributed by atoms with Crippen LogP contribution in [0, 0.1) is 0 Å². The number of carbonyl (C=O) groups excluding carboxylic acids is 3. The van der Waals surface area contributed by atoms with Crippen molar-refractivity contribution in [1.82, 2.24) is 16.0 Å². The molecule has 0 bridgehead atoms. The molecule has 0 radical (unpaired) electrons. The van der Waals surface area contributed by atoms with E-state index in [1.807, 2.05) is 5.32 Å². The highest BCUT2D eigenvalue weighted by molar-refractivity contribution is 7.80. The van der Waals surface area contributed by atoms with Gasteiger partial charge in [0.25, 0.3) is 0 Å². The molecule has 0 saturated heterocycles. The van der Waals surface area contributed by atoms with Gasteiger partial charge in [-0.05, 0) is 20.3 Å². The number of nitrogens with two attached hydrogens (primary N) is 1. The molecule has 6 atom stereocenters. The Morgan fingerprint density at radius 3 is 1.67 bits per heavy atom. The van der Waals surface area contributed by atoms with Gasteiger partial charge in [-0.3, -0.25) is 19.2 Å². The molecule has 14 heteroatoms. The Bertz CT molecular complexity index is 644. The summed E-state index contributed by atoms with van der Waals surface area (Å²) in [6.45, 7) is 2.34. The third kappa shape index (κ3) is 9.39. The molecule has 0 rings (SSSR count). The van der Waals surface area contributed by atoms with Crippen molar-refractivity contribution in [2.24, 2.45) is 5.73 Å². The van der Waals surface area contributed by atoms with Crippen LogP contribution in [-0.4, -0.2) is 92.2 Å². The molecular weight excluding hydrogens is 424 g/mol. The lowest BCUT2D eigenvalue weighted by Crippen LogP contribution is -2.62. The fraction of sp³-hybridized carbons (Fsp3) is 0.688. The molecule has 30 heavy (non-hydrogen) atoms. The number of carboxylic acids is 2. The summed E-state index contributed by atoms with van der Waals surface area (Å²) in [6, 6.07) is -5.82. The summed E-state index contributed by atoms with van der Waals surface area (Å²) in [4.78, 5) is 58.5. The van der Waals surface area contributed by atoms with Crippen molar-refractivity contribution in [3.8, 4) is 0 Å². The molecule has 3 amide bonds. The Balaban J connectivity index is 5.32. The van der Waals surface area contributed by atoms with Gasteiger partial charge in [-0.2, -0.15) is 12.6 Å². The first-order valence-corrected chi connectivity index (χ1v) is 9.53. The van der Waals surface area contributed by atoms with E-state index in [9.17, 15) is 34.2 Å². The first-order chi connectivity index (χ1) is 13.8. The van der Waals surface area contributed by atoms with Crippen LogP contribution in [0.2, 0.25) is 0 Å². The van der Waals surface area contributed by atoms with E-state index in [0.717, 1.165) is 6.92 Å². The van der Waals surface area contributed by atoms with Crippen molar-refractivity contribution in [3.63, 3.8) is 0 Å². The molecule has 0 aliphatic carbocycles. The van der Waals surface area contributed by atoms with Gasteiger partial charge in [0.1, 0.15) is 18.1 Å². The minimum absolute atomic E-state index is 0.0361. The van der Waals surface area contributed by atoms with Crippen molar-refractivity contribution in [2.45, 2.75) is 63.1 Å². The predicted octanol–water partition coefficient (Wildman–Crippen LogP) is -3.59. The van der Waals surface area contributed by atoms with Gasteiger partial charge in [-0.1, -0.05) is 0 Å². The normalized spacial score (nSPS) is 16.9. The molecule has 0 saturated carbocycles. The maximum absolute atomic E-state index is 12.5. The van der Waals surface area contributed by atoms with E-state index < -0.39 is 78.9 Å². The van der Waals surface area contributed by atoms with Crippen molar-refractivity contribution in [3.05, 3.63) is 0 Å². The van der Waals surface area contributed by atoms with E-state index in [4.69, 9.17) is 15.9 Å². The summed E-state index contributed by atoms with van der Waals surface area (Å²) in [5.41, 5.74) is 5.49. The molecule has 0 aliphatic rings. The van der Waals surface area contributed by atoms with Crippen molar-refractivity contribution >= 4 is 42.3 Å². The number of aliphatic hydroxyl groups is 2. The van der Waals surface area contributed by atoms with Crippen LogP contribution in [-0.2, 0) is 24.0 Å². The number of carbonyl (C=O) groups is 5. The first-order valence-electron chi connectivity index (χ1n) is 8.90. The van der Waals surface area contributed by atoms with Gasteiger partial charge in [-0.25, -0.2) is 4.79 Å². The summed E-state index contributed by atoms with van der Waals surface area (Å²) in [5.74, 6) is -5.74. The van der Waals surface area contributed by atoms with Gasteiger partial charge in [-0.15, -0.1) is 0 Å². The lowest BCUT2D eigenvalue weighted by Gasteiger charge is -2.27. The number of hydrogen-bond acceptors (Lipinski definition) is 9. The Kier molecular flexibility index (Phi) is 11.9. The van der Waals surface area contributed by atoms with E-state index in [1.165, 1.54) is 6.92 Å². The lowest BCUT2D eigenvalue weighted by atomic mass is 10.1. The number of aliphatic carboxylic acids is 2. The minimum atomic E-state index is -1.65. The van der Waals surface area contributed by atoms with Gasteiger partial charge in [0, 0.05) is 12.2 Å². The second kappa shape index (κ2) is 13.0. The van der Waals surface area contributed by atoms with E-state index in [-0.39, 0.29) is 5.75 Å². The largest absolute Gasteiger partial charge is 0.481 e. The van der Waals surface area contributed by atoms with Crippen molar-refractivity contribution < 1.29 is 44.4 Å². The molecule has 0 aliphatic heterocycles. The smallest absolute Gasteiger partial charge is 0.326 e. The summed E-state index contributed by atoms with van der Waals surface area (Å²) < 4.78 is 0. The summed E-state index contributed by atoms with van der Waals surface area (Å²) >= 11 is 3.85. The van der Waals surface area contributed by atoms with Gasteiger partial charge in [0.2, 0.25) is 17.7 Å². The molecule has 0 fully saturated rings. The Morgan fingerprint density at radius 1 is 0.867 bits per heavy atom. The number of thiol groups is 1. The van der Waals surface area contributed by atoms with Crippen molar-refractivity contribution in [2.75, 3.05) is 5.75 Å². The molecule has 6 unspecified atom stereocenters. The fourth-order valence-corrected chi connectivity index (χ4v) is 2.35. The molecule has 13 nitrogen and oxygen atoms in total. The van der Waals surface area contributed by atoms with Crippen LogP contribution >= 0.6 is 12.6 Å². The quantitative estimate of drug-likeness (QED) is 0.125. The number of carboxylic acid groups (broad SMARTS) is 2. The van der Waals surface area contributed by atoms with Crippen LogP contribution in [0.3, 0.4) is 0 Å². The van der Waals surface area contributed by atoms with Crippen LogP contribution in [0.25, 0.3) is 0 Å². The second-order valence-electron chi connectivity index (χ2n) is 6.57. The maximum atomic E-state index is 12.5. The lowest BCUT2D eigenvalue weighted by molar-refractivity contribution is -0.144. The van der Waals surface area contributed by atoms with Crippen molar-refractivity contribution in [1.29, 1.82) is 0 Å². The summed E-state index contributed by atoms with van der Waals surface area (Å²) in [7, 11) is 0. The average Bonchev–Trinajstić information content (AvgIpc) is 2.64. The SMILES string of the molecule is CC(O)C(NC(=O)C(N)CS)C(=O)NC(C(=O)NC(CCC(=O)O)C(=O)O)C(C)O. The van der Waals surface area contributed by atoms with Crippen LogP contribution in [0.1, 0.15) is 26.7 Å². The number of rotatable bonds is 13. The first kappa shape index (κ1) is 27.6. The monoisotopic (exact) mass is 452 g/mol. The van der Waals surface area contributed by atoms with Crippen LogP contribution in [0.15, 0.2) is 0 Å². The van der Waals surface area contributed by atoms with Gasteiger partial charge >= 0.3 is 11.9 Å². The summed E-state index contributed by atoms with van der Waals surface area (Å²) in [5, 5.41) is 43.8. The summed E-state index contributed by atoms with van der Waals surface area (Å²) in [6.07, 6.45) is -3.86. The molecular formula is C16H28N4O9S. The van der Waals surface area contributed by atoms with Crippen LogP contribution in [0.5, 0.6) is 0 Å². The Morgan fingerprint density at radius 2 is 1.30 bits per heavy atom. The zero-order chi connectivity index (χ0) is 23.6. The minimum Gasteiger partial charge on any atom is -0.481 e. The second-order valence-corrected chi connectivity index (χ2v) is 6.94. The molecule has 0 aromatic carbocycles. The number of aliphatic hydroxyl groups excluding tert-OH is 2. The highest BCUT2D eigenvalue weighted by atomic mass is 32.1. The topological polar surface area (TPSA) is 228 Å².